The molecule has 0 fully saturated rings. The minimum absolute atomic E-state index is 0. The molecule has 0 aliphatic carbocycles. The average Bonchev–Trinajstić information content (AvgIpc) is 2.51. The Labute approximate surface area is 160 Å². The summed E-state index contributed by atoms with van der Waals surface area (Å²) < 4.78 is 0. The topological polar surface area (TPSA) is 12.0 Å². The third-order valence-electron chi connectivity index (χ3n) is 5.06. The van der Waals surface area contributed by atoms with E-state index in [2.05, 4.69) is 33.0 Å². The van der Waals surface area contributed by atoms with Gasteiger partial charge in [-0.1, -0.05) is 110 Å². The minimum atomic E-state index is 0. The van der Waals surface area contributed by atoms with Crippen LogP contribution in [0.3, 0.4) is 0 Å². The molecule has 0 saturated heterocycles. The van der Waals surface area contributed by atoms with Crippen LogP contribution < -0.4 is 5.32 Å². The molecular formula is C22H48ClN. The number of halogens is 1. The fourth-order valence-electron chi connectivity index (χ4n) is 3.51. The summed E-state index contributed by atoms with van der Waals surface area (Å²) in [5, 5.41) is 3.57. The summed E-state index contributed by atoms with van der Waals surface area (Å²) in [5.74, 6) is 0. The molecule has 0 aromatic rings. The molecule has 0 unspecified atom stereocenters. The Bertz CT molecular complexity index is 228. The lowest BCUT2D eigenvalue weighted by Gasteiger charge is -2.25. The fourth-order valence-corrected chi connectivity index (χ4v) is 3.51. The summed E-state index contributed by atoms with van der Waals surface area (Å²) in [4.78, 5) is 0. The van der Waals surface area contributed by atoms with Gasteiger partial charge in [-0.3, -0.25) is 0 Å². The van der Waals surface area contributed by atoms with Gasteiger partial charge in [-0.2, -0.15) is 0 Å². The second-order valence-electron chi connectivity index (χ2n) is 8.11. The Balaban J connectivity index is 0. The first-order valence-electron chi connectivity index (χ1n) is 10.9. The Kier molecular flexibility index (Phi) is 21.6. The molecule has 148 valence electrons. The molecule has 0 saturated carbocycles. The molecule has 0 aliphatic rings. The van der Waals surface area contributed by atoms with Crippen LogP contribution in [0.4, 0.5) is 0 Å². The van der Waals surface area contributed by atoms with E-state index in [-0.39, 0.29) is 12.4 Å². The van der Waals surface area contributed by atoms with Crippen LogP contribution in [-0.2, 0) is 0 Å². The van der Waals surface area contributed by atoms with Crippen molar-refractivity contribution >= 4 is 12.4 Å². The van der Waals surface area contributed by atoms with Crippen molar-refractivity contribution in [2.75, 3.05) is 6.54 Å². The average molecular weight is 362 g/mol. The first-order chi connectivity index (χ1) is 11.1. The number of hydrogen-bond donors (Lipinski definition) is 1. The van der Waals surface area contributed by atoms with Crippen LogP contribution in [0.2, 0.25) is 0 Å². The van der Waals surface area contributed by atoms with Crippen molar-refractivity contribution in [2.45, 2.75) is 136 Å². The van der Waals surface area contributed by atoms with E-state index in [0.717, 1.165) is 6.54 Å². The molecule has 0 heterocycles. The molecule has 0 rings (SSSR count). The van der Waals surface area contributed by atoms with Crippen LogP contribution in [0.5, 0.6) is 0 Å². The van der Waals surface area contributed by atoms with Crippen molar-refractivity contribution in [1.29, 1.82) is 0 Å². The predicted octanol–water partition coefficient (Wildman–Crippen LogP) is 8.06. The van der Waals surface area contributed by atoms with Crippen molar-refractivity contribution in [1.82, 2.24) is 5.32 Å². The van der Waals surface area contributed by atoms with Crippen LogP contribution in [0.1, 0.15) is 130 Å². The van der Waals surface area contributed by atoms with Gasteiger partial charge in [0.2, 0.25) is 0 Å². The van der Waals surface area contributed by atoms with Gasteiger partial charge < -0.3 is 5.32 Å². The van der Waals surface area contributed by atoms with Crippen molar-refractivity contribution < 1.29 is 0 Å². The van der Waals surface area contributed by atoms with Crippen molar-refractivity contribution in [3.05, 3.63) is 0 Å². The van der Waals surface area contributed by atoms with Crippen molar-refractivity contribution in [3.8, 4) is 0 Å². The highest BCUT2D eigenvalue weighted by Crippen LogP contribution is 2.16. The molecule has 0 aromatic carbocycles. The van der Waals surface area contributed by atoms with E-state index < -0.39 is 0 Å². The molecule has 0 aromatic heterocycles. The summed E-state index contributed by atoms with van der Waals surface area (Å²) in [6.07, 6.45) is 23.1. The SMILES string of the molecule is CCCCCCCCCCCCCCCCCC(C)(C)NCC.Cl. The minimum Gasteiger partial charge on any atom is -0.312 e. The van der Waals surface area contributed by atoms with E-state index in [1.807, 2.05) is 0 Å². The van der Waals surface area contributed by atoms with Crippen LogP contribution in [0.15, 0.2) is 0 Å². The van der Waals surface area contributed by atoms with Gasteiger partial charge in [-0.25, -0.2) is 0 Å². The maximum Gasteiger partial charge on any atom is 0.0125 e. The first-order valence-corrected chi connectivity index (χ1v) is 10.9. The third kappa shape index (κ3) is 20.3. The summed E-state index contributed by atoms with van der Waals surface area (Å²) in [6, 6.07) is 0. The lowest BCUT2D eigenvalue weighted by atomic mass is 9.96. The highest BCUT2D eigenvalue weighted by molar-refractivity contribution is 5.85. The van der Waals surface area contributed by atoms with Gasteiger partial charge in [0.05, 0.1) is 0 Å². The second kappa shape index (κ2) is 19.6. The maximum absolute atomic E-state index is 3.57. The zero-order valence-electron chi connectivity index (χ0n) is 17.4. The summed E-state index contributed by atoms with van der Waals surface area (Å²) in [7, 11) is 0. The predicted molar refractivity (Wildman–Crippen MR) is 115 cm³/mol. The summed E-state index contributed by atoms with van der Waals surface area (Å²) >= 11 is 0. The van der Waals surface area contributed by atoms with Crippen LogP contribution in [-0.4, -0.2) is 12.1 Å². The van der Waals surface area contributed by atoms with Gasteiger partial charge in [0, 0.05) is 5.54 Å². The van der Waals surface area contributed by atoms with Crippen LogP contribution >= 0.6 is 12.4 Å². The Morgan fingerprint density at radius 1 is 0.542 bits per heavy atom. The quantitative estimate of drug-likeness (QED) is 0.243. The van der Waals surface area contributed by atoms with Crippen molar-refractivity contribution in [2.24, 2.45) is 0 Å². The third-order valence-corrected chi connectivity index (χ3v) is 5.06. The first kappa shape index (κ1) is 26.5. The van der Waals surface area contributed by atoms with Crippen molar-refractivity contribution in [3.63, 3.8) is 0 Å². The van der Waals surface area contributed by atoms with E-state index in [0.29, 0.717) is 5.54 Å². The molecule has 0 atom stereocenters. The maximum atomic E-state index is 3.57. The Morgan fingerprint density at radius 3 is 1.21 bits per heavy atom. The van der Waals surface area contributed by atoms with Gasteiger partial charge in [0.25, 0.3) is 0 Å². The number of hydrogen-bond acceptors (Lipinski definition) is 1. The highest BCUT2D eigenvalue weighted by Gasteiger charge is 2.14. The largest absolute Gasteiger partial charge is 0.312 e. The van der Waals surface area contributed by atoms with E-state index >= 15 is 0 Å². The second-order valence-corrected chi connectivity index (χ2v) is 8.11. The van der Waals surface area contributed by atoms with Crippen LogP contribution in [0, 0.1) is 0 Å². The monoisotopic (exact) mass is 361 g/mol. The van der Waals surface area contributed by atoms with E-state index in [4.69, 9.17) is 0 Å². The highest BCUT2D eigenvalue weighted by atomic mass is 35.5. The fraction of sp³-hybridized carbons (Fsp3) is 1.00. The lowest BCUT2D eigenvalue weighted by molar-refractivity contribution is 0.354. The van der Waals surface area contributed by atoms with E-state index in [1.165, 1.54) is 103 Å². The Hall–Kier alpha value is 0.250. The van der Waals surface area contributed by atoms with E-state index in [1.54, 1.807) is 0 Å². The molecule has 0 aliphatic heterocycles. The van der Waals surface area contributed by atoms with Gasteiger partial charge >= 0.3 is 0 Å². The van der Waals surface area contributed by atoms with Gasteiger partial charge in [0.15, 0.2) is 0 Å². The smallest absolute Gasteiger partial charge is 0.0125 e. The normalized spacial score (nSPS) is 11.5. The summed E-state index contributed by atoms with van der Waals surface area (Å²) in [6.45, 7) is 10.3. The number of unbranched alkanes of at least 4 members (excludes halogenated alkanes) is 14. The zero-order valence-corrected chi connectivity index (χ0v) is 18.2. The molecule has 0 radical (unpaired) electrons. The molecule has 1 nitrogen and oxygen atoms in total. The molecular weight excluding hydrogens is 314 g/mol. The van der Waals surface area contributed by atoms with Gasteiger partial charge in [0.1, 0.15) is 0 Å². The molecule has 2 heteroatoms. The Morgan fingerprint density at radius 2 is 0.875 bits per heavy atom. The summed E-state index contributed by atoms with van der Waals surface area (Å²) in [5.41, 5.74) is 0.339. The molecule has 0 spiro atoms. The van der Waals surface area contributed by atoms with Crippen LogP contribution in [0.25, 0.3) is 0 Å². The molecule has 24 heavy (non-hydrogen) atoms. The zero-order chi connectivity index (χ0) is 17.2. The molecule has 1 N–H and O–H groups in total. The van der Waals surface area contributed by atoms with Gasteiger partial charge in [-0.05, 0) is 26.8 Å². The lowest BCUT2D eigenvalue weighted by Crippen LogP contribution is -2.38. The molecule has 0 amide bonds. The molecule has 0 bridgehead atoms. The van der Waals surface area contributed by atoms with E-state index in [9.17, 15) is 0 Å². The standard InChI is InChI=1S/C22H47N.ClH/c1-5-7-8-9-10-11-12-13-14-15-16-17-18-19-20-21-22(3,4)23-6-2;/h23H,5-21H2,1-4H3;1H. The number of rotatable bonds is 18. The van der Waals surface area contributed by atoms with Gasteiger partial charge in [-0.15, -0.1) is 12.4 Å². The number of nitrogens with one attached hydrogen (secondary N) is 1.